The highest BCUT2D eigenvalue weighted by Crippen LogP contribution is 1.91. The van der Waals surface area contributed by atoms with Gasteiger partial charge in [0, 0.05) is 13.0 Å². The van der Waals surface area contributed by atoms with Crippen LogP contribution in [0.1, 0.15) is 19.8 Å². The molecular formula is C10H17N3O4S. The molecule has 102 valence electrons. The first-order valence-corrected chi connectivity index (χ1v) is 5.88. The van der Waals surface area contributed by atoms with Gasteiger partial charge in [-0.1, -0.05) is 12.2 Å². The minimum absolute atomic E-state index is 0.0234. The molecule has 7 nitrogen and oxygen atoms in total. The van der Waals surface area contributed by atoms with Crippen molar-refractivity contribution in [1.29, 1.82) is 0 Å². The van der Waals surface area contributed by atoms with Crippen molar-refractivity contribution in [2.45, 2.75) is 19.8 Å². The summed E-state index contributed by atoms with van der Waals surface area (Å²) in [5.74, 6) is -1.92. The van der Waals surface area contributed by atoms with Gasteiger partial charge in [0.05, 0.1) is 18.1 Å². The van der Waals surface area contributed by atoms with E-state index in [2.05, 4.69) is 22.9 Å². The first-order valence-electron chi connectivity index (χ1n) is 5.47. The normalized spacial score (nSPS) is 9.39. The third kappa shape index (κ3) is 8.45. The predicted octanol–water partition coefficient (Wildman–Crippen LogP) is -1.15. The largest absolute Gasteiger partial charge is 0.466 e. The molecule has 0 unspecified atom stereocenters. The number of hydrogen-bond donors (Lipinski definition) is 3. The van der Waals surface area contributed by atoms with E-state index in [4.69, 9.17) is 10.5 Å². The maximum absolute atomic E-state index is 11.2. The number of thiocarbonyl (C=S) groups is 1. The highest BCUT2D eigenvalue weighted by molar-refractivity contribution is 7.80. The zero-order chi connectivity index (χ0) is 14.0. The summed E-state index contributed by atoms with van der Waals surface area (Å²) in [6, 6.07) is 0. The van der Waals surface area contributed by atoms with E-state index in [1.165, 1.54) is 0 Å². The van der Waals surface area contributed by atoms with Crippen molar-refractivity contribution >= 4 is 35.0 Å². The van der Waals surface area contributed by atoms with Crippen LogP contribution in [0.4, 0.5) is 0 Å². The van der Waals surface area contributed by atoms with Gasteiger partial charge in [0.2, 0.25) is 0 Å². The summed E-state index contributed by atoms with van der Waals surface area (Å²) in [5, 5.41) is 4.60. The Labute approximate surface area is 110 Å². The third-order valence-corrected chi connectivity index (χ3v) is 1.92. The number of ether oxygens (including phenoxy) is 1. The van der Waals surface area contributed by atoms with Crippen LogP contribution >= 0.6 is 12.2 Å². The van der Waals surface area contributed by atoms with Gasteiger partial charge in [-0.2, -0.15) is 0 Å². The Morgan fingerprint density at radius 2 is 1.83 bits per heavy atom. The molecule has 18 heavy (non-hydrogen) atoms. The molecular weight excluding hydrogens is 258 g/mol. The number of nitrogens with one attached hydrogen (secondary N) is 2. The van der Waals surface area contributed by atoms with Gasteiger partial charge < -0.3 is 21.1 Å². The first-order chi connectivity index (χ1) is 8.47. The molecule has 0 bridgehead atoms. The van der Waals surface area contributed by atoms with Gasteiger partial charge in [0.1, 0.15) is 0 Å². The monoisotopic (exact) mass is 275 g/mol. The van der Waals surface area contributed by atoms with Crippen LogP contribution in [-0.2, 0) is 19.1 Å². The molecule has 0 aliphatic carbocycles. The van der Waals surface area contributed by atoms with Gasteiger partial charge in [0.15, 0.2) is 0 Å². The lowest BCUT2D eigenvalue weighted by atomic mass is 10.3. The fourth-order valence-corrected chi connectivity index (χ4v) is 1.07. The Balaban J connectivity index is 3.67. The number of hydrogen-bond acceptors (Lipinski definition) is 5. The van der Waals surface area contributed by atoms with Crippen LogP contribution < -0.4 is 16.4 Å². The zero-order valence-corrected chi connectivity index (χ0v) is 11.0. The quantitative estimate of drug-likeness (QED) is 0.234. The molecule has 2 amide bonds. The number of rotatable bonds is 7. The van der Waals surface area contributed by atoms with E-state index in [0.717, 1.165) is 0 Å². The number of amides is 2. The zero-order valence-electron chi connectivity index (χ0n) is 10.2. The number of carbonyl (C=O) groups is 3. The van der Waals surface area contributed by atoms with E-state index in [1.54, 1.807) is 6.92 Å². The molecule has 0 fully saturated rings. The predicted molar refractivity (Wildman–Crippen MR) is 68.7 cm³/mol. The smallest absolute Gasteiger partial charge is 0.309 e. The molecule has 0 spiro atoms. The molecule has 0 atom stereocenters. The standard InChI is InChI=1S/C10H17N3O4S/c1-2-17-8(14)4-3-5-12-9(15)10(16)13-6-7(11)18/h2-6H2,1H3,(H2,11,18)(H,12,15)(H,13,16). The van der Waals surface area contributed by atoms with E-state index >= 15 is 0 Å². The van der Waals surface area contributed by atoms with Gasteiger partial charge in [-0.15, -0.1) is 0 Å². The SMILES string of the molecule is CCOC(=O)CCCNC(=O)C(=O)NCC(N)=S. The molecule has 0 aromatic heterocycles. The number of nitrogens with two attached hydrogens (primary N) is 1. The summed E-state index contributed by atoms with van der Waals surface area (Å²) in [7, 11) is 0. The summed E-state index contributed by atoms with van der Waals surface area (Å²) in [5.41, 5.74) is 5.16. The molecule has 0 rings (SSSR count). The van der Waals surface area contributed by atoms with Crippen LogP contribution in [0, 0.1) is 0 Å². The van der Waals surface area contributed by atoms with Crippen molar-refractivity contribution < 1.29 is 19.1 Å². The maximum Gasteiger partial charge on any atom is 0.309 e. The number of esters is 1. The molecule has 8 heteroatoms. The van der Waals surface area contributed by atoms with Crippen molar-refractivity contribution in [3.63, 3.8) is 0 Å². The molecule has 0 aliphatic heterocycles. The highest BCUT2D eigenvalue weighted by atomic mass is 32.1. The molecule has 4 N–H and O–H groups in total. The summed E-state index contributed by atoms with van der Waals surface area (Å²) in [6.07, 6.45) is 0.607. The Hall–Kier alpha value is -1.70. The average Bonchev–Trinajstić information content (AvgIpc) is 2.31. The lowest BCUT2D eigenvalue weighted by molar-refractivity contribution is -0.143. The van der Waals surface area contributed by atoms with Gasteiger partial charge in [-0.05, 0) is 13.3 Å². The second-order valence-corrected chi connectivity index (χ2v) is 3.84. The van der Waals surface area contributed by atoms with E-state index in [0.29, 0.717) is 13.0 Å². The third-order valence-electron chi connectivity index (χ3n) is 1.78. The number of carbonyl (C=O) groups excluding carboxylic acids is 3. The second-order valence-electron chi connectivity index (χ2n) is 3.31. The Bertz CT molecular complexity index is 333. The van der Waals surface area contributed by atoms with Crippen molar-refractivity contribution in [3.8, 4) is 0 Å². The topological polar surface area (TPSA) is 111 Å². The van der Waals surface area contributed by atoms with E-state index in [9.17, 15) is 14.4 Å². The molecule has 0 aromatic rings. The minimum atomic E-state index is -0.807. The average molecular weight is 275 g/mol. The Morgan fingerprint density at radius 1 is 1.22 bits per heavy atom. The van der Waals surface area contributed by atoms with Gasteiger partial charge >= 0.3 is 17.8 Å². The van der Waals surface area contributed by atoms with E-state index in [1.807, 2.05) is 0 Å². The molecule has 0 aliphatic rings. The second kappa shape index (κ2) is 9.34. The van der Waals surface area contributed by atoms with Crippen molar-refractivity contribution in [1.82, 2.24) is 10.6 Å². The van der Waals surface area contributed by atoms with E-state index < -0.39 is 11.8 Å². The summed E-state index contributed by atoms with van der Waals surface area (Å²) in [4.78, 5) is 33.4. The van der Waals surface area contributed by atoms with Gasteiger partial charge in [-0.3, -0.25) is 14.4 Å². The minimum Gasteiger partial charge on any atom is -0.466 e. The maximum atomic E-state index is 11.2. The lowest BCUT2D eigenvalue weighted by Crippen LogP contribution is -2.43. The Kier molecular flexibility index (Phi) is 8.46. The highest BCUT2D eigenvalue weighted by Gasteiger charge is 2.12. The van der Waals surface area contributed by atoms with Gasteiger partial charge in [0.25, 0.3) is 0 Å². The molecule has 0 heterocycles. The molecule has 0 saturated carbocycles. The van der Waals surface area contributed by atoms with Crippen LogP contribution in [0.2, 0.25) is 0 Å². The van der Waals surface area contributed by atoms with Crippen molar-refractivity contribution in [3.05, 3.63) is 0 Å². The fourth-order valence-electron chi connectivity index (χ4n) is 0.996. The van der Waals surface area contributed by atoms with Crippen LogP contribution in [0.3, 0.4) is 0 Å². The Morgan fingerprint density at radius 3 is 2.39 bits per heavy atom. The first kappa shape index (κ1) is 16.3. The van der Waals surface area contributed by atoms with Gasteiger partial charge in [-0.25, -0.2) is 0 Å². The summed E-state index contributed by atoms with van der Waals surface area (Å²) >= 11 is 4.54. The lowest BCUT2D eigenvalue weighted by Gasteiger charge is -2.05. The van der Waals surface area contributed by atoms with Crippen molar-refractivity contribution in [2.24, 2.45) is 5.73 Å². The van der Waals surface area contributed by atoms with Crippen LogP contribution in [-0.4, -0.2) is 42.5 Å². The molecule has 0 radical (unpaired) electrons. The van der Waals surface area contributed by atoms with Crippen molar-refractivity contribution in [2.75, 3.05) is 19.7 Å². The van der Waals surface area contributed by atoms with E-state index in [-0.39, 0.29) is 30.5 Å². The molecule has 0 aromatic carbocycles. The fraction of sp³-hybridized carbons (Fsp3) is 0.600. The summed E-state index contributed by atoms with van der Waals surface area (Å²) < 4.78 is 4.70. The van der Waals surface area contributed by atoms with Crippen LogP contribution in [0.15, 0.2) is 0 Å². The molecule has 0 saturated heterocycles. The van der Waals surface area contributed by atoms with Crippen LogP contribution in [0.5, 0.6) is 0 Å². The van der Waals surface area contributed by atoms with Crippen LogP contribution in [0.25, 0.3) is 0 Å². The summed E-state index contributed by atoms with van der Waals surface area (Å²) in [6.45, 7) is 2.24.